The summed E-state index contributed by atoms with van der Waals surface area (Å²) < 4.78 is 19.2. The number of thioether (sulfide) groups is 1. The van der Waals surface area contributed by atoms with Crippen molar-refractivity contribution in [2.75, 3.05) is 11.1 Å². The molecule has 1 aromatic heterocycles. The minimum atomic E-state index is -0.367. The molecule has 0 saturated carbocycles. The van der Waals surface area contributed by atoms with Gasteiger partial charge in [0.15, 0.2) is 0 Å². The van der Waals surface area contributed by atoms with Crippen LogP contribution in [0, 0.1) is 5.82 Å². The summed E-state index contributed by atoms with van der Waals surface area (Å²) in [5, 5.41) is 5.69. The third-order valence-corrected chi connectivity index (χ3v) is 4.81. The average molecular weight is 361 g/mol. The number of urea groups is 1. The van der Waals surface area contributed by atoms with Crippen molar-refractivity contribution in [2.45, 2.75) is 37.3 Å². The third kappa shape index (κ3) is 4.42. The molecular formula is C18H20FN3O2S. The van der Waals surface area contributed by atoms with Crippen LogP contribution in [-0.4, -0.2) is 22.9 Å². The van der Waals surface area contributed by atoms with Crippen molar-refractivity contribution in [2.24, 2.45) is 0 Å². The number of ether oxygens (including phenoxy) is 1. The van der Waals surface area contributed by atoms with Crippen LogP contribution in [0.15, 0.2) is 41.4 Å². The molecule has 1 atom stereocenters. The lowest BCUT2D eigenvalue weighted by Crippen LogP contribution is -2.34. The van der Waals surface area contributed by atoms with Gasteiger partial charge < -0.3 is 15.4 Å². The molecule has 2 N–H and O–H groups in total. The Labute approximate surface area is 150 Å². The van der Waals surface area contributed by atoms with Crippen molar-refractivity contribution in [3.8, 4) is 5.88 Å². The standard InChI is InChI=1S/C18H20FN3O2S/c1-11(2)24-17-15(4-3-8-20-17)22-18(23)21-14-7-9-25-16-6-5-12(19)10-13(14)16/h3-6,8,10-11,14H,7,9H2,1-2H3,(H2,21,22,23). The van der Waals surface area contributed by atoms with E-state index in [0.29, 0.717) is 11.6 Å². The van der Waals surface area contributed by atoms with E-state index in [4.69, 9.17) is 4.74 Å². The average Bonchev–Trinajstić information content (AvgIpc) is 2.57. The minimum Gasteiger partial charge on any atom is -0.473 e. The van der Waals surface area contributed by atoms with Crippen molar-refractivity contribution < 1.29 is 13.9 Å². The highest BCUT2D eigenvalue weighted by atomic mass is 32.2. The summed E-state index contributed by atoms with van der Waals surface area (Å²) in [5.41, 5.74) is 1.31. The van der Waals surface area contributed by atoms with E-state index < -0.39 is 0 Å². The zero-order valence-corrected chi connectivity index (χ0v) is 14.9. The molecule has 2 amide bonds. The Morgan fingerprint density at radius 1 is 1.40 bits per heavy atom. The van der Waals surface area contributed by atoms with Crippen molar-refractivity contribution >= 4 is 23.5 Å². The molecule has 0 spiro atoms. The van der Waals surface area contributed by atoms with Gasteiger partial charge in [0.2, 0.25) is 5.88 Å². The van der Waals surface area contributed by atoms with Gasteiger partial charge in [-0.3, -0.25) is 0 Å². The van der Waals surface area contributed by atoms with E-state index in [-0.39, 0.29) is 24.0 Å². The van der Waals surface area contributed by atoms with E-state index in [9.17, 15) is 9.18 Å². The van der Waals surface area contributed by atoms with E-state index in [1.165, 1.54) is 12.1 Å². The van der Waals surface area contributed by atoms with Gasteiger partial charge in [-0.25, -0.2) is 14.2 Å². The molecule has 0 radical (unpaired) electrons. The quantitative estimate of drug-likeness (QED) is 0.849. The molecule has 25 heavy (non-hydrogen) atoms. The first-order chi connectivity index (χ1) is 12.0. The van der Waals surface area contributed by atoms with E-state index in [1.54, 1.807) is 36.2 Å². The Morgan fingerprint density at radius 3 is 3.04 bits per heavy atom. The fourth-order valence-electron chi connectivity index (χ4n) is 2.63. The Hall–Kier alpha value is -2.28. The van der Waals surface area contributed by atoms with E-state index >= 15 is 0 Å². The highest BCUT2D eigenvalue weighted by molar-refractivity contribution is 7.99. The van der Waals surface area contributed by atoms with E-state index in [1.807, 2.05) is 13.8 Å². The van der Waals surface area contributed by atoms with Crippen LogP contribution in [0.25, 0.3) is 0 Å². The number of pyridine rings is 1. The predicted octanol–water partition coefficient (Wildman–Crippen LogP) is 4.37. The Balaban J connectivity index is 1.71. The second-order valence-corrected chi connectivity index (χ2v) is 7.13. The number of aromatic nitrogens is 1. The van der Waals surface area contributed by atoms with Gasteiger partial charge in [-0.2, -0.15) is 0 Å². The molecule has 0 fully saturated rings. The molecule has 1 aliphatic rings. The van der Waals surface area contributed by atoms with E-state index in [2.05, 4.69) is 15.6 Å². The molecule has 1 aromatic carbocycles. The first kappa shape index (κ1) is 17.5. The Morgan fingerprint density at radius 2 is 2.24 bits per heavy atom. The van der Waals surface area contributed by atoms with Crippen LogP contribution in [0.3, 0.4) is 0 Å². The lowest BCUT2D eigenvalue weighted by molar-refractivity contribution is 0.232. The first-order valence-corrected chi connectivity index (χ1v) is 9.13. The van der Waals surface area contributed by atoms with Crippen molar-refractivity contribution in [1.82, 2.24) is 10.3 Å². The van der Waals surface area contributed by atoms with Crippen LogP contribution in [0.4, 0.5) is 14.9 Å². The van der Waals surface area contributed by atoms with Crippen LogP contribution in [0.5, 0.6) is 5.88 Å². The number of nitrogens with one attached hydrogen (secondary N) is 2. The number of anilines is 1. The smallest absolute Gasteiger partial charge is 0.319 e. The first-order valence-electron chi connectivity index (χ1n) is 8.14. The predicted molar refractivity (Wildman–Crippen MR) is 96.6 cm³/mol. The molecule has 7 heteroatoms. The van der Waals surface area contributed by atoms with Gasteiger partial charge in [-0.15, -0.1) is 11.8 Å². The summed E-state index contributed by atoms with van der Waals surface area (Å²) in [6, 6.07) is 7.56. The number of rotatable bonds is 4. The molecule has 0 aliphatic carbocycles. The van der Waals surface area contributed by atoms with Gasteiger partial charge in [-0.1, -0.05) is 0 Å². The monoisotopic (exact) mass is 361 g/mol. The fraction of sp³-hybridized carbons (Fsp3) is 0.333. The normalized spacial score (nSPS) is 16.2. The van der Waals surface area contributed by atoms with E-state index in [0.717, 1.165) is 22.6 Å². The molecule has 0 saturated heterocycles. The zero-order chi connectivity index (χ0) is 17.8. The molecule has 5 nitrogen and oxygen atoms in total. The summed E-state index contributed by atoms with van der Waals surface area (Å²) in [6.07, 6.45) is 2.30. The van der Waals surface area contributed by atoms with Gasteiger partial charge in [-0.05, 0) is 56.2 Å². The molecule has 1 aliphatic heterocycles. The largest absolute Gasteiger partial charge is 0.473 e. The molecule has 3 rings (SSSR count). The summed E-state index contributed by atoms with van der Waals surface area (Å²) in [7, 11) is 0. The summed E-state index contributed by atoms with van der Waals surface area (Å²) in [6.45, 7) is 3.79. The second kappa shape index (κ2) is 7.74. The van der Waals surface area contributed by atoms with Gasteiger partial charge >= 0.3 is 6.03 Å². The summed E-state index contributed by atoms with van der Waals surface area (Å²) >= 11 is 1.67. The van der Waals surface area contributed by atoms with Crippen LogP contribution in [0.1, 0.15) is 31.9 Å². The number of benzene rings is 1. The fourth-order valence-corrected chi connectivity index (χ4v) is 3.74. The second-order valence-electron chi connectivity index (χ2n) is 5.99. The maximum Gasteiger partial charge on any atom is 0.319 e. The maximum absolute atomic E-state index is 13.6. The van der Waals surface area contributed by atoms with Crippen LogP contribution >= 0.6 is 11.8 Å². The van der Waals surface area contributed by atoms with Gasteiger partial charge in [0.05, 0.1) is 12.1 Å². The molecule has 2 heterocycles. The third-order valence-electron chi connectivity index (χ3n) is 3.68. The molecular weight excluding hydrogens is 341 g/mol. The van der Waals surface area contributed by atoms with Crippen molar-refractivity contribution in [1.29, 1.82) is 0 Å². The highest BCUT2D eigenvalue weighted by Crippen LogP contribution is 2.36. The number of carbonyl (C=O) groups is 1. The van der Waals surface area contributed by atoms with Crippen molar-refractivity contribution in [3.63, 3.8) is 0 Å². The summed E-state index contributed by atoms with van der Waals surface area (Å²) in [4.78, 5) is 17.6. The van der Waals surface area contributed by atoms with Crippen molar-refractivity contribution in [3.05, 3.63) is 47.9 Å². The van der Waals surface area contributed by atoms with Gasteiger partial charge in [0.25, 0.3) is 0 Å². The number of nitrogens with zero attached hydrogens (tertiary/aromatic N) is 1. The van der Waals surface area contributed by atoms with Gasteiger partial charge in [0, 0.05) is 16.8 Å². The Bertz CT molecular complexity index is 770. The number of hydrogen-bond donors (Lipinski definition) is 2. The molecule has 0 bridgehead atoms. The zero-order valence-electron chi connectivity index (χ0n) is 14.1. The van der Waals surface area contributed by atoms with Crippen LogP contribution in [0.2, 0.25) is 0 Å². The molecule has 1 unspecified atom stereocenters. The number of fused-ring (bicyclic) bond motifs is 1. The number of halogens is 1. The molecule has 132 valence electrons. The summed E-state index contributed by atoms with van der Waals surface area (Å²) in [5.74, 6) is 0.949. The lowest BCUT2D eigenvalue weighted by Gasteiger charge is -2.26. The number of hydrogen-bond acceptors (Lipinski definition) is 4. The number of amides is 2. The topological polar surface area (TPSA) is 63.2 Å². The number of carbonyl (C=O) groups excluding carboxylic acids is 1. The minimum absolute atomic E-state index is 0.0521. The Kier molecular flexibility index (Phi) is 5.43. The van der Waals surface area contributed by atoms with Crippen LogP contribution < -0.4 is 15.4 Å². The van der Waals surface area contributed by atoms with Gasteiger partial charge in [0.1, 0.15) is 11.5 Å². The van der Waals surface area contributed by atoms with Crippen LogP contribution in [-0.2, 0) is 0 Å². The maximum atomic E-state index is 13.6. The molecule has 2 aromatic rings. The lowest BCUT2D eigenvalue weighted by atomic mass is 10.0. The SMILES string of the molecule is CC(C)Oc1ncccc1NC(=O)NC1CCSc2ccc(F)cc21. The highest BCUT2D eigenvalue weighted by Gasteiger charge is 2.23.